The predicted octanol–water partition coefficient (Wildman–Crippen LogP) is 2.18. The molecule has 1 aromatic carbocycles. The lowest BCUT2D eigenvalue weighted by atomic mass is 9.95. The first-order chi connectivity index (χ1) is 10.2. The second-order valence-corrected chi connectivity index (χ2v) is 5.65. The van der Waals surface area contributed by atoms with Gasteiger partial charge in [-0.2, -0.15) is 4.80 Å². The van der Waals surface area contributed by atoms with E-state index in [4.69, 9.17) is 0 Å². The van der Waals surface area contributed by atoms with Crippen LogP contribution in [0.3, 0.4) is 0 Å². The smallest absolute Gasteiger partial charge is 0.204 e. The number of benzene rings is 1. The van der Waals surface area contributed by atoms with Gasteiger partial charge in [0.2, 0.25) is 5.82 Å². The Labute approximate surface area is 123 Å². The maximum Gasteiger partial charge on any atom is 0.204 e. The zero-order chi connectivity index (χ0) is 14.7. The molecule has 0 bridgehead atoms. The lowest BCUT2D eigenvalue weighted by Gasteiger charge is -2.21. The molecule has 0 amide bonds. The van der Waals surface area contributed by atoms with Gasteiger partial charge in [0.05, 0.1) is 6.54 Å². The molecule has 3 rings (SSSR count). The van der Waals surface area contributed by atoms with Crippen molar-refractivity contribution < 1.29 is 4.39 Å². The summed E-state index contributed by atoms with van der Waals surface area (Å²) in [7, 11) is 0. The van der Waals surface area contributed by atoms with Gasteiger partial charge in [-0.1, -0.05) is 0 Å². The van der Waals surface area contributed by atoms with Crippen LogP contribution in [0.15, 0.2) is 18.2 Å². The summed E-state index contributed by atoms with van der Waals surface area (Å²) in [4.78, 5) is 1.65. The molecule has 0 atom stereocenters. The number of hydrogen-bond donors (Lipinski definition) is 1. The quantitative estimate of drug-likeness (QED) is 0.937. The molecular weight excluding hydrogens is 269 g/mol. The summed E-state index contributed by atoms with van der Waals surface area (Å²) in [5.41, 5.74) is 1.40. The minimum absolute atomic E-state index is 0.211. The molecule has 1 aliphatic heterocycles. The number of halogens is 1. The summed E-state index contributed by atoms with van der Waals surface area (Å²) < 4.78 is 13.3. The van der Waals surface area contributed by atoms with E-state index in [9.17, 15) is 4.39 Å². The van der Waals surface area contributed by atoms with E-state index in [1.54, 1.807) is 23.9 Å². The normalized spacial score (nSPS) is 16.3. The molecule has 21 heavy (non-hydrogen) atoms. The van der Waals surface area contributed by atoms with Gasteiger partial charge in [0, 0.05) is 5.56 Å². The third kappa shape index (κ3) is 3.44. The molecule has 0 unspecified atom stereocenters. The monoisotopic (exact) mass is 289 g/mol. The first-order valence-electron chi connectivity index (χ1n) is 7.47. The molecule has 1 aromatic heterocycles. The number of rotatable bonds is 4. The molecule has 0 radical (unpaired) electrons. The van der Waals surface area contributed by atoms with Crippen LogP contribution in [0.2, 0.25) is 0 Å². The Morgan fingerprint density at radius 3 is 2.90 bits per heavy atom. The fourth-order valence-corrected chi connectivity index (χ4v) is 2.71. The third-order valence-corrected chi connectivity index (χ3v) is 4.07. The molecule has 0 saturated carbocycles. The highest BCUT2D eigenvalue weighted by Gasteiger charge is 2.14. The fraction of sp³-hybridized carbons (Fsp3) is 0.533. The number of nitrogens with one attached hydrogen (secondary N) is 1. The van der Waals surface area contributed by atoms with Crippen LogP contribution in [-0.2, 0) is 6.54 Å². The molecule has 1 aliphatic rings. The van der Waals surface area contributed by atoms with Crippen LogP contribution in [0.5, 0.6) is 0 Å². The van der Waals surface area contributed by atoms with Crippen LogP contribution in [-0.4, -0.2) is 33.3 Å². The number of aryl methyl sites for hydroxylation is 2. The van der Waals surface area contributed by atoms with Crippen LogP contribution in [0.25, 0.3) is 11.4 Å². The maximum absolute atomic E-state index is 13.3. The molecule has 0 spiro atoms. The molecule has 2 heterocycles. The minimum Gasteiger partial charge on any atom is -0.317 e. The summed E-state index contributed by atoms with van der Waals surface area (Å²) in [6.07, 6.45) is 3.53. The van der Waals surface area contributed by atoms with Gasteiger partial charge in [-0.15, -0.1) is 10.2 Å². The van der Waals surface area contributed by atoms with Crippen molar-refractivity contribution in [2.24, 2.45) is 5.92 Å². The van der Waals surface area contributed by atoms with Gasteiger partial charge in [0.1, 0.15) is 5.82 Å². The fourth-order valence-electron chi connectivity index (χ4n) is 2.71. The van der Waals surface area contributed by atoms with Crippen LogP contribution in [0.4, 0.5) is 4.39 Å². The van der Waals surface area contributed by atoms with Gasteiger partial charge in [-0.05, 0) is 74.2 Å². The molecule has 0 aliphatic carbocycles. The molecule has 5 nitrogen and oxygen atoms in total. The Bertz CT molecular complexity index is 604. The van der Waals surface area contributed by atoms with Crippen molar-refractivity contribution in [3.05, 3.63) is 29.6 Å². The summed E-state index contributed by atoms with van der Waals surface area (Å²) >= 11 is 0. The average Bonchev–Trinajstić information content (AvgIpc) is 2.98. The van der Waals surface area contributed by atoms with Crippen LogP contribution >= 0.6 is 0 Å². The Hall–Kier alpha value is -1.82. The standard InChI is InChI=1S/C15H20FN5/c1-11-10-13(2-3-14(11)16)15-18-20-21(19-15)9-6-12-4-7-17-8-5-12/h2-3,10,12,17H,4-9H2,1H3. The van der Waals surface area contributed by atoms with Crippen LogP contribution in [0, 0.1) is 18.7 Å². The number of nitrogens with zero attached hydrogens (tertiary/aromatic N) is 4. The lowest BCUT2D eigenvalue weighted by Crippen LogP contribution is -2.28. The minimum atomic E-state index is -0.211. The van der Waals surface area contributed by atoms with E-state index in [-0.39, 0.29) is 5.82 Å². The van der Waals surface area contributed by atoms with Crippen LogP contribution < -0.4 is 5.32 Å². The molecule has 6 heteroatoms. The number of piperidine rings is 1. The van der Waals surface area contributed by atoms with Crippen molar-refractivity contribution in [2.45, 2.75) is 32.7 Å². The maximum atomic E-state index is 13.3. The van der Waals surface area contributed by atoms with Crippen molar-refractivity contribution in [3.63, 3.8) is 0 Å². The average molecular weight is 289 g/mol. The molecule has 1 fully saturated rings. The molecule has 1 saturated heterocycles. The number of hydrogen-bond acceptors (Lipinski definition) is 4. The van der Waals surface area contributed by atoms with Gasteiger partial charge >= 0.3 is 0 Å². The summed E-state index contributed by atoms with van der Waals surface area (Å²) in [5.74, 6) is 1.09. The molecular formula is C15H20FN5. The Morgan fingerprint density at radius 1 is 1.33 bits per heavy atom. The van der Waals surface area contributed by atoms with E-state index < -0.39 is 0 Å². The van der Waals surface area contributed by atoms with Crippen molar-refractivity contribution >= 4 is 0 Å². The second kappa shape index (κ2) is 6.30. The first-order valence-corrected chi connectivity index (χ1v) is 7.47. The summed E-state index contributed by atoms with van der Waals surface area (Å²) in [6, 6.07) is 4.89. The second-order valence-electron chi connectivity index (χ2n) is 5.65. The SMILES string of the molecule is Cc1cc(-c2nnn(CCC3CCNCC3)n2)ccc1F. The van der Waals surface area contributed by atoms with Crippen molar-refractivity contribution in [1.82, 2.24) is 25.5 Å². The van der Waals surface area contributed by atoms with Crippen molar-refractivity contribution in [2.75, 3.05) is 13.1 Å². The van der Waals surface area contributed by atoms with E-state index in [0.717, 1.165) is 37.5 Å². The van der Waals surface area contributed by atoms with E-state index in [2.05, 4.69) is 20.7 Å². The zero-order valence-corrected chi connectivity index (χ0v) is 12.2. The Morgan fingerprint density at radius 2 is 2.14 bits per heavy atom. The zero-order valence-electron chi connectivity index (χ0n) is 12.2. The van der Waals surface area contributed by atoms with E-state index in [1.165, 1.54) is 18.9 Å². The Kier molecular flexibility index (Phi) is 4.24. The summed E-state index contributed by atoms with van der Waals surface area (Å²) in [6.45, 7) is 4.74. The first kappa shape index (κ1) is 14.1. The molecule has 2 aromatic rings. The summed E-state index contributed by atoms with van der Waals surface area (Å²) in [5, 5.41) is 15.9. The van der Waals surface area contributed by atoms with Crippen molar-refractivity contribution in [3.8, 4) is 11.4 Å². The van der Waals surface area contributed by atoms with Crippen LogP contribution in [0.1, 0.15) is 24.8 Å². The predicted molar refractivity (Wildman–Crippen MR) is 78.2 cm³/mol. The van der Waals surface area contributed by atoms with Gasteiger partial charge in [0.15, 0.2) is 0 Å². The number of aromatic nitrogens is 4. The van der Waals surface area contributed by atoms with Gasteiger partial charge in [0.25, 0.3) is 0 Å². The molecule has 1 N–H and O–H groups in total. The van der Waals surface area contributed by atoms with E-state index in [1.807, 2.05) is 0 Å². The van der Waals surface area contributed by atoms with Gasteiger partial charge in [-0.3, -0.25) is 0 Å². The highest BCUT2D eigenvalue weighted by Crippen LogP contribution is 2.19. The van der Waals surface area contributed by atoms with Crippen molar-refractivity contribution in [1.29, 1.82) is 0 Å². The topological polar surface area (TPSA) is 55.6 Å². The Balaban J connectivity index is 1.63. The van der Waals surface area contributed by atoms with Gasteiger partial charge < -0.3 is 5.32 Å². The lowest BCUT2D eigenvalue weighted by molar-refractivity contribution is 0.322. The number of tetrazole rings is 1. The van der Waals surface area contributed by atoms with Gasteiger partial charge in [-0.25, -0.2) is 4.39 Å². The third-order valence-electron chi connectivity index (χ3n) is 4.07. The molecule has 112 valence electrons. The van der Waals surface area contributed by atoms with E-state index >= 15 is 0 Å². The highest BCUT2D eigenvalue weighted by molar-refractivity contribution is 5.54. The highest BCUT2D eigenvalue weighted by atomic mass is 19.1. The largest absolute Gasteiger partial charge is 0.317 e. The van der Waals surface area contributed by atoms with E-state index in [0.29, 0.717) is 11.4 Å².